The Bertz CT molecular complexity index is 550. The van der Waals surface area contributed by atoms with Crippen LogP contribution in [0.2, 0.25) is 0 Å². The van der Waals surface area contributed by atoms with Crippen LogP contribution in [-0.4, -0.2) is 17.9 Å². The molecule has 0 fully saturated rings. The maximum absolute atomic E-state index is 12.4. The van der Waals surface area contributed by atoms with E-state index in [1.54, 1.807) is 18.3 Å². The van der Waals surface area contributed by atoms with E-state index in [-0.39, 0.29) is 5.78 Å². The zero-order chi connectivity index (χ0) is 13.0. The molecular formula is C15H15NO2. The number of ether oxygens (including phenoxy) is 1. The van der Waals surface area contributed by atoms with Crippen LogP contribution in [0.25, 0.3) is 0 Å². The Morgan fingerprint density at radius 2 is 2.00 bits per heavy atom. The van der Waals surface area contributed by atoms with E-state index in [9.17, 15) is 4.79 Å². The minimum Gasteiger partial charge on any atom is -0.480 e. The van der Waals surface area contributed by atoms with E-state index in [0.29, 0.717) is 17.0 Å². The summed E-state index contributed by atoms with van der Waals surface area (Å²) in [6.07, 6.45) is 2.58. The van der Waals surface area contributed by atoms with E-state index >= 15 is 0 Å². The molecule has 0 spiro atoms. The number of ketones is 1. The van der Waals surface area contributed by atoms with E-state index in [1.807, 2.05) is 31.2 Å². The van der Waals surface area contributed by atoms with Crippen molar-refractivity contribution in [3.05, 3.63) is 59.3 Å². The molecule has 0 saturated heterocycles. The summed E-state index contributed by atoms with van der Waals surface area (Å²) in [5.74, 6) is 0.316. The first-order chi connectivity index (χ1) is 8.76. The zero-order valence-corrected chi connectivity index (χ0v) is 10.5. The molecule has 0 aliphatic heterocycles. The lowest BCUT2D eigenvalue weighted by molar-refractivity contribution is 0.103. The number of pyridine rings is 1. The molecule has 0 unspecified atom stereocenters. The van der Waals surface area contributed by atoms with Crippen LogP contribution >= 0.6 is 0 Å². The van der Waals surface area contributed by atoms with Crippen LogP contribution < -0.4 is 4.74 Å². The molecule has 92 valence electrons. The molecule has 0 radical (unpaired) electrons. The van der Waals surface area contributed by atoms with Gasteiger partial charge in [0.2, 0.25) is 5.88 Å². The fraction of sp³-hybridized carbons (Fsp3) is 0.200. The van der Waals surface area contributed by atoms with Gasteiger partial charge in [-0.2, -0.15) is 0 Å². The van der Waals surface area contributed by atoms with Crippen molar-refractivity contribution in [1.82, 2.24) is 4.98 Å². The Morgan fingerprint density at radius 1 is 1.28 bits per heavy atom. The van der Waals surface area contributed by atoms with Crippen LogP contribution in [0.1, 0.15) is 28.4 Å². The molecule has 1 aromatic heterocycles. The van der Waals surface area contributed by atoms with Crippen molar-refractivity contribution in [1.29, 1.82) is 0 Å². The van der Waals surface area contributed by atoms with Gasteiger partial charge in [0.25, 0.3) is 0 Å². The van der Waals surface area contributed by atoms with Crippen molar-refractivity contribution < 1.29 is 9.53 Å². The number of methoxy groups -OCH3 is 1. The molecule has 0 saturated carbocycles. The average Bonchev–Trinajstić information content (AvgIpc) is 2.46. The molecule has 2 aromatic rings. The van der Waals surface area contributed by atoms with Gasteiger partial charge in [0.15, 0.2) is 5.78 Å². The minimum atomic E-state index is -0.0600. The normalized spacial score (nSPS) is 10.1. The Balaban J connectivity index is 2.46. The van der Waals surface area contributed by atoms with Crippen LogP contribution in [0, 0.1) is 0 Å². The number of hydrogen-bond acceptors (Lipinski definition) is 3. The van der Waals surface area contributed by atoms with Crippen LogP contribution in [-0.2, 0) is 6.42 Å². The molecule has 1 heterocycles. The van der Waals surface area contributed by atoms with E-state index in [2.05, 4.69) is 4.98 Å². The van der Waals surface area contributed by atoms with Crippen molar-refractivity contribution in [2.75, 3.05) is 7.11 Å². The molecule has 0 aliphatic rings. The van der Waals surface area contributed by atoms with Gasteiger partial charge in [-0.1, -0.05) is 37.3 Å². The third kappa shape index (κ3) is 2.40. The van der Waals surface area contributed by atoms with Crippen molar-refractivity contribution >= 4 is 5.78 Å². The van der Waals surface area contributed by atoms with Crippen LogP contribution in [0.3, 0.4) is 0 Å². The highest BCUT2D eigenvalue weighted by atomic mass is 16.5. The monoisotopic (exact) mass is 241 g/mol. The zero-order valence-electron chi connectivity index (χ0n) is 10.5. The number of carbonyl (C=O) groups excluding carboxylic acids is 1. The van der Waals surface area contributed by atoms with Crippen molar-refractivity contribution in [2.45, 2.75) is 13.3 Å². The lowest BCUT2D eigenvalue weighted by Crippen LogP contribution is -2.06. The quantitative estimate of drug-likeness (QED) is 0.773. The first-order valence-electron chi connectivity index (χ1n) is 5.89. The largest absolute Gasteiger partial charge is 0.480 e. The molecule has 3 heteroatoms. The Labute approximate surface area is 106 Å². The SMILES string of the molecule is CCc1cnc(OC)c(C(=O)c2ccccc2)c1. The Hall–Kier alpha value is -2.16. The van der Waals surface area contributed by atoms with Crippen LogP contribution in [0.4, 0.5) is 0 Å². The molecule has 0 aliphatic carbocycles. The van der Waals surface area contributed by atoms with E-state index in [1.165, 1.54) is 7.11 Å². The minimum absolute atomic E-state index is 0.0600. The van der Waals surface area contributed by atoms with Crippen molar-refractivity contribution in [3.63, 3.8) is 0 Å². The summed E-state index contributed by atoms with van der Waals surface area (Å²) >= 11 is 0. The summed E-state index contributed by atoms with van der Waals surface area (Å²) in [5, 5.41) is 0. The highest BCUT2D eigenvalue weighted by Gasteiger charge is 2.15. The number of hydrogen-bond donors (Lipinski definition) is 0. The summed E-state index contributed by atoms with van der Waals surface area (Å²) in [6.45, 7) is 2.03. The standard InChI is InChI=1S/C15H15NO2/c1-3-11-9-13(15(18-2)16-10-11)14(17)12-7-5-4-6-8-12/h4-10H,3H2,1-2H3. The smallest absolute Gasteiger partial charge is 0.224 e. The number of carbonyl (C=O) groups is 1. The number of aryl methyl sites for hydroxylation is 1. The van der Waals surface area contributed by atoms with Gasteiger partial charge in [-0.05, 0) is 18.1 Å². The molecule has 0 amide bonds. The van der Waals surface area contributed by atoms with E-state index in [0.717, 1.165) is 12.0 Å². The van der Waals surface area contributed by atoms with E-state index in [4.69, 9.17) is 4.74 Å². The number of rotatable bonds is 4. The topological polar surface area (TPSA) is 39.2 Å². The third-order valence-electron chi connectivity index (χ3n) is 2.79. The second-order valence-corrected chi connectivity index (χ2v) is 3.95. The van der Waals surface area contributed by atoms with Crippen molar-refractivity contribution in [3.8, 4) is 5.88 Å². The number of nitrogens with zero attached hydrogens (tertiary/aromatic N) is 1. The molecule has 2 rings (SSSR count). The molecule has 0 atom stereocenters. The van der Waals surface area contributed by atoms with Gasteiger partial charge in [-0.25, -0.2) is 4.98 Å². The van der Waals surface area contributed by atoms with E-state index < -0.39 is 0 Å². The molecule has 0 bridgehead atoms. The predicted molar refractivity (Wildman–Crippen MR) is 70.0 cm³/mol. The lowest BCUT2D eigenvalue weighted by Gasteiger charge is -2.08. The fourth-order valence-corrected chi connectivity index (χ4v) is 1.76. The van der Waals surface area contributed by atoms with Gasteiger partial charge in [0.1, 0.15) is 0 Å². The maximum Gasteiger partial charge on any atom is 0.224 e. The average molecular weight is 241 g/mol. The second-order valence-electron chi connectivity index (χ2n) is 3.95. The van der Waals surface area contributed by atoms with Gasteiger partial charge in [-0.3, -0.25) is 4.79 Å². The summed E-state index contributed by atoms with van der Waals surface area (Å²) in [6, 6.07) is 11.0. The van der Waals surface area contributed by atoms with Crippen molar-refractivity contribution in [2.24, 2.45) is 0 Å². The van der Waals surface area contributed by atoms with Gasteiger partial charge >= 0.3 is 0 Å². The number of benzene rings is 1. The first kappa shape index (κ1) is 12.3. The summed E-state index contributed by atoms with van der Waals surface area (Å²) in [7, 11) is 1.52. The maximum atomic E-state index is 12.4. The third-order valence-corrected chi connectivity index (χ3v) is 2.79. The molecular weight excluding hydrogens is 226 g/mol. The highest BCUT2D eigenvalue weighted by molar-refractivity contribution is 6.10. The number of aromatic nitrogens is 1. The first-order valence-corrected chi connectivity index (χ1v) is 5.89. The summed E-state index contributed by atoms with van der Waals surface area (Å²) < 4.78 is 5.16. The van der Waals surface area contributed by atoms with Gasteiger partial charge < -0.3 is 4.74 Å². The highest BCUT2D eigenvalue weighted by Crippen LogP contribution is 2.20. The predicted octanol–water partition coefficient (Wildman–Crippen LogP) is 2.88. The van der Waals surface area contributed by atoms with Gasteiger partial charge in [0.05, 0.1) is 12.7 Å². The van der Waals surface area contributed by atoms with Gasteiger partial charge in [0, 0.05) is 11.8 Å². The van der Waals surface area contributed by atoms with Gasteiger partial charge in [-0.15, -0.1) is 0 Å². The molecule has 18 heavy (non-hydrogen) atoms. The molecule has 1 aromatic carbocycles. The lowest BCUT2D eigenvalue weighted by atomic mass is 10.0. The fourth-order valence-electron chi connectivity index (χ4n) is 1.76. The molecule has 0 N–H and O–H groups in total. The van der Waals surface area contributed by atoms with Crippen LogP contribution in [0.15, 0.2) is 42.6 Å². The Morgan fingerprint density at radius 3 is 2.61 bits per heavy atom. The van der Waals surface area contributed by atoms with Crippen LogP contribution in [0.5, 0.6) is 5.88 Å². The second kappa shape index (κ2) is 5.45. The summed E-state index contributed by atoms with van der Waals surface area (Å²) in [4.78, 5) is 16.5. The summed E-state index contributed by atoms with van der Waals surface area (Å²) in [5.41, 5.74) is 2.18. The molecule has 3 nitrogen and oxygen atoms in total. The Kier molecular flexibility index (Phi) is 3.72.